The Morgan fingerprint density at radius 1 is 0.771 bits per heavy atom. The van der Waals surface area contributed by atoms with Crippen molar-refractivity contribution in [2.75, 3.05) is 60.3 Å². The summed E-state index contributed by atoms with van der Waals surface area (Å²) >= 11 is 0. The van der Waals surface area contributed by atoms with Crippen molar-refractivity contribution in [1.82, 2.24) is 4.90 Å². The molecule has 0 spiro atoms. The second kappa shape index (κ2) is 9.92. The van der Waals surface area contributed by atoms with Crippen molar-refractivity contribution < 1.29 is 33.2 Å². The first-order chi connectivity index (χ1) is 17.1. The first-order valence-corrected chi connectivity index (χ1v) is 11.7. The van der Waals surface area contributed by atoms with Gasteiger partial charge in [0, 0.05) is 24.2 Å². The van der Waals surface area contributed by atoms with Gasteiger partial charge >= 0.3 is 0 Å². The number of hydrogen-bond donors (Lipinski definition) is 0. The Morgan fingerprint density at radius 2 is 1.23 bits per heavy atom. The Hall–Kier alpha value is -3.65. The molecule has 1 saturated heterocycles. The second-order valence-electron chi connectivity index (χ2n) is 8.47. The molecule has 0 atom stereocenters. The number of carbonyl (C=O) groups excluding carboxylic acids is 1. The molecule has 8 nitrogen and oxygen atoms in total. The van der Waals surface area contributed by atoms with Gasteiger partial charge in [0.05, 0.1) is 14.2 Å². The first kappa shape index (κ1) is 23.1. The zero-order chi connectivity index (χ0) is 24.4. The SMILES string of the molecule is CCN1C/C(=C/c2cc(OC)c3c(c2)OCCO3)C(=O)/C(=C/c2cc(OC)c3c(c2)OCCO3)C1. The van der Waals surface area contributed by atoms with Crippen LogP contribution in [0.25, 0.3) is 12.2 Å². The molecule has 1 fully saturated rings. The number of Topliss-reactive ketones (excluding diaryl/α,β-unsaturated/α-hetero) is 1. The summed E-state index contributed by atoms with van der Waals surface area (Å²) in [5, 5.41) is 0. The van der Waals surface area contributed by atoms with Crippen LogP contribution in [0.15, 0.2) is 35.4 Å². The molecule has 3 aliphatic rings. The minimum atomic E-state index is 0.0115. The fourth-order valence-electron chi connectivity index (χ4n) is 4.49. The van der Waals surface area contributed by atoms with Gasteiger partial charge in [-0.3, -0.25) is 9.69 Å². The van der Waals surface area contributed by atoms with E-state index in [4.69, 9.17) is 28.4 Å². The van der Waals surface area contributed by atoms with Gasteiger partial charge in [0.15, 0.2) is 28.8 Å². The molecule has 0 radical (unpaired) electrons. The van der Waals surface area contributed by atoms with Gasteiger partial charge < -0.3 is 28.4 Å². The van der Waals surface area contributed by atoms with Crippen molar-refractivity contribution in [2.24, 2.45) is 0 Å². The molecule has 0 bridgehead atoms. The highest BCUT2D eigenvalue weighted by atomic mass is 16.6. The molecule has 0 aliphatic carbocycles. The number of fused-ring (bicyclic) bond motifs is 2. The summed E-state index contributed by atoms with van der Waals surface area (Å²) in [6.07, 6.45) is 3.81. The topological polar surface area (TPSA) is 75.7 Å². The molecule has 2 aromatic carbocycles. The largest absolute Gasteiger partial charge is 0.493 e. The Morgan fingerprint density at radius 3 is 1.66 bits per heavy atom. The summed E-state index contributed by atoms with van der Waals surface area (Å²) in [6.45, 7) is 5.94. The quantitative estimate of drug-likeness (QED) is 0.602. The second-order valence-corrected chi connectivity index (χ2v) is 8.47. The molecule has 2 aromatic rings. The number of ketones is 1. The van der Waals surface area contributed by atoms with Gasteiger partial charge in [0.25, 0.3) is 0 Å². The van der Waals surface area contributed by atoms with E-state index in [1.165, 1.54) is 0 Å². The van der Waals surface area contributed by atoms with E-state index in [0.717, 1.165) is 17.7 Å². The lowest BCUT2D eigenvalue weighted by Crippen LogP contribution is -2.37. The number of rotatable bonds is 5. The predicted molar refractivity (Wildman–Crippen MR) is 131 cm³/mol. The third kappa shape index (κ3) is 4.66. The minimum absolute atomic E-state index is 0.0115. The number of ether oxygens (including phenoxy) is 6. The molecule has 0 unspecified atom stereocenters. The summed E-state index contributed by atoms with van der Waals surface area (Å²) in [5.41, 5.74) is 3.06. The maximum atomic E-state index is 13.5. The van der Waals surface area contributed by atoms with Crippen LogP contribution in [-0.4, -0.2) is 71.0 Å². The van der Waals surface area contributed by atoms with Crippen LogP contribution in [0, 0.1) is 0 Å². The molecule has 8 heteroatoms. The van der Waals surface area contributed by atoms with Crippen LogP contribution >= 0.6 is 0 Å². The molecule has 5 rings (SSSR count). The van der Waals surface area contributed by atoms with E-state index >= 15 is 0 Å². The number of methoxy groups -OCH3 is 2. The smallest absolute Gasteiger partial charge is 0.203 e. The molecule has 0 aromatic heterocycles. The molecule has 3 aliphatic heterocycles. The number of likely N-dealkylation sites (N-methyl/N-ethyl adjacent to an activating group) is 1. The highest BCUT2D eigenvalue weighted by Gasteiger charge is 2.27. The van der Waals surface area contributed by atoms with Crippen molar-refractivity contribution in [3.05, 3.63) is 46.5 Å². The van der Waals surface area contributed by atoms with Crippen LogP contribution in [-0.2, 0) is 4.79 Å². The monoisotopic (exact) mass is 479 g/mol. The Kier molecular flexibility index (Phi) is 6.55. The molecule has 3 heterocycles. The van der Waals surface area contributed by atoms with Gasteiger partial charge in [-0.1, -0.05) is 6.92 Å². The van der Waals surface area contributed by atoms with Gasteiger partial charge in [-0.15, -0.1) is 0 Å². The highest BCUT2D eigenvalue weighted by Crippen LogP contribution is 2.42. The number of nitrogens with zero attached hydrogens (tertiary/aromatic N) is 1. The number of likely N-dealkylation sites (tertiary alicyclic amines) is 1. The highest BCUT2D eigenvalue weighted by molar-refractivity contribution is 6.14. The number of piperidine rings is 1. The van der Waals surface area contributed by atoms with Crippen molar-refractivity contribution in [2.45, 2.75) is 6.92 Å². The van der Waals surface area contributed by atoms with E-state index in [1.807, 2.05) is 36.4 Å². The lowest BCUT2D eigenvalue weighted by Gasteiger charge is -2.29. The normalized spacial score (nSPS) is 19.7. The summed E-state index contributed by atoms with van der Waals surface area (Å²) in [5.74, 6) is 3.62. The van der Waals surface area contributed by atoms with E-state index in [-0.39, 0.29) is 5.78 Å². The van der Waals surface area contributed by atoms with E-state index < -0.39 is 0 Å². The molecular weight excluding hydrogens is 450 g/mol. The standard InChI is InChI=1S/C27H29NO7/c1-4-28-15-19(9-17-11-21(30-2)26-23(13-17)32-5-7-34-26)25(29)20(16-28)10-18-12-22(31-3)27-24(14-18)33-6-8-35-27/h9-14H,4-8,15-16H2,1-3H3/b19-9-,20-10+. The lowest BCUT2D eigenvalue weighted by molar-refractivity contribution is -0.113. The molecule has 184 valence electrons. The third-order valence-corrected chi connectivity index (χ3v) is 6.20. The fourth-order valence-corrected chi connectivity index (χ4v) is 4.49. The summed E-state index contributed by atoms with van der Waals surface area (Å²) in [7, 11) is 3.19. The van der Waals surface area contributed by atoms with Gasteiger partial charge in [-0.25, -0.2) is 0 Å². The number of carbonyl (C=O) groups is 1. The van der Waals surface area contributed by atoms with Crippen LogP contribution in [0.5, 0.6) is 34.5 Å². The number of benzene rings is 2. The zero-order valence-electron chi connectivity index (χ0n) is 20.2. The third-order valence-electron chi connectivity index (χ3n) is 6.20. The Balaban J connectivity index is 1.50. The van der Waals surface area contributed by atoms with E-state index in [0.29, 0.717) is 85.2 Å². The molecule has 0 amide bonds. The van der Waals surface area contributed by atoms with Crippen molar-refractivity contribution >= 4 is 17.9 Å². The maximum Gasteiger partial charge on any atom is 0.203 e. The van der Waals surface area contributed by atoms with Gasteiger partial charge in [-0.2, -0.15) is 0 Å². The summed E-state index contributed by atoms with van der Waals surface area (Å²) in [6, 6.07) is 7.51. The van der Waals surface area contributed by atoms with E-state index in [2.05, 4.69) is 11.8 Å². The molecule has 35 heavy (non-hydrogen) atoms. The van der Waals surface area contributed by atoms with Crippen LogP contribution in [0.1, 0.15) is 18.1 Å². The van der Waals surface area contributed by atoms with Crippen LogP contribution in [0.2, 0.25) is 0 Å². The van der Waals surface area contributed by atoms with Gasteiger partial charge in [0.2, 0.25) is 11.5 Å². The van der Waals surface area contributed by atoms with E-state index in [9.17, 15) is 4.79 Å². The van der Waals surface area contributed by atoms with Crippen molar-refractivity contribution in [1.29, 1.82) is 0 Å². The Bertz CT molecular complexity index is 1080. The van der Waals surface area contributed by atoms with Crippen LogP contribution in [0.3, 0.4) is 0 Å². The van der Waals surface area contributed by atoms with E-state index in [1.54, 1.807) is 14.2 Å². The predicted octanol–water partition coefficient (Wildman–Crippen LogP) is 3.62. The molecule has 0 saturated carbocycles. The summed E-state index contributed by atoms with van der Waals surface area (Å²) < 4.78 is 33.9. The van der Waals surface area contributed by atoms with Gasteiger partial charge in [0.1, 0.15) is 26.4 Å². The zero-order valence-corrected chi connectivity index (χ0v) is 20.2. The van der Waals surface area contributed by atoms with Crippen molar-refractivity contribution in [3.63, 3.8) is 0 Å². The lowest BCUT2D eigenvalue weighted by atomic mass is 9.94. The van der Waals surface area contributed by atoms with Crippen molar-refractivity contribution in [3.8, 4) is 34.5 Å². The minimum Gasteiger partial charge on any atom is -0.493 e. The van der Waals surface area contributed by atoms with Gasteiger partial charge in [-0.05, 0) is 54.1 Å². The number of hydrogen-bond acceptors (Lipinski definition) is 8. The Labute approximate surface area is 204 Å². The molecular formula is C27H29NO7. The average molecular weight is 480 g/mol. The summed E-state index contributed by atoms with van der Waals surface area (Å²) in [4.78, 5) is 15.8. The molecule has 0 N–H and O–H groups in total. The fraction of sp³-hybridized carbons (Fsp3) is 0.370. The van der Waals surface area contributed by atoms with Crippen LogP contribution < -0.4 is 28.4 Å². The maximum absolute atomic E-state index is 13.5. The average Bonchev–Trinajstić information content (AvgIpc) is 2.89. The first-order valence-electron chi connectivity index (χ1n) is 11.7. The van der Waals surface area contributed by atoms with Crippen LogP contribution in [0.4, 0.5) is 0 Å².